The average Bonchev–Trinajstić information content (AvgIpc) is 1.86. The van der Waals surface area contributed by atoms with E-state index in [2.05, 4.69) is 24.3 Å². The molecule has 0 amide bonds. The highest BCUT2D eigenvalue weighted by Crippen LogP contribution is 2.08. The summed E-state index contributed by atoms with van der Waals surface area (Å²) in [5.74, 6) is 0. The molecule has 0 nitrogen and oxygen atoms in total. The smallest absolute Gasteiger partial charge is 0.0918 e. The van der Waals surface area contributed by atoms with E-state index in [9.17, 15) is 0 Å². The van der Waals surface area contributed by atoms with Gasteiger partial charge in [0, 0.05) is 0 Å². The van der Waals surface area contributed by atoms with Gasteiger partial charge in [0.05, 0.1) is 0 Å². The fourth-order valence-electron chi connectivity index (χ4n) is 0.543. The van der Waals surface area contributed by atoms with Crippen LogP contribution >= 0.6 is 0 Å². The van der Waals surface area contributed by atoms with Gasteiger partial charge in [-0.1, -0.05) is 29.1 Å². The van der Waals surface area contributed by atoms with Crippen molar-refractivity contribution in [3.8, 4) is 0 Å². The Hall–Kier alpha value is 0.0125. The molecule has 0 radical (unpaired) electrons. The zero-order valence-corrected chi connectivity index (χ0v) is 5.89. The second-order valence-electron chi connectivity index (χ2n) is 1.63. The Morgan fingerprint density at radius 2 is 1.67 bits per heavy atom. The molecule has 0 aliphatic heterocycles. The third kappa shape index (κ3) is 0.740. The molecule has 0 bridgehead atoms. The van der Waals surface area contributed by atoms with Crippen molar-refractivity contribution < 1.29 is 0 Å². The maximum absolute atomic E-state index is 2.23. The monoisotopic (exact) mass is 94.0 g/mol. The van der Waals surface area contributed by atoms with E-state index < -0.39 is 0 Å². The molecule has 0 N–H and O–H groups in total. The fraction of sp³-hybridized carbons (Fsp3) is 0.200. The summed E-state index contributed by atoms with van der Waals surface area (Å²) in [6, 6.07) is 0. The molecule has 0 aromatic heterocycles. The summed E-state index contributed by atoms with van der Waals surface area (Å²) in [5, 5.41) is 0. The molecule has 0 unspecified atom stereocenters. The Kier molecular flexibility index (Phi) is 1.14. The summed E-state index contributed by atoms with van der Waals surface area (Å²) in [5.41, 5.74) is 0. The van der Waals surface area contributed by atoms with Gasteiger partial charge in [0.25, 0.3) is 0 Å². The first-order chi connectivity index (χ1) is 2.89. The Bertz CT molecular complexity index is 80.1. The summed E-state index contributed by atoms with van der Waals surface area (Å²) in [6.07, 6.45) is 8.67. The van der Waals surface area contributed by atoms with E-state index in [4.69, 9.17) is 0 Å². The lowest BCUT2D eigenvalue weighted by Gasteiger charge is -1.83. The van der Waals surface area contributed by atoms with Crippen molar-refractivity contribution in [3.63, 3.8) is 0 Å². The zero-order valence-electron chi connectivity index (χ0n) is 3.89. The quantitative estimate of drug-likeness (QED) is 0.384. The van der Waals surface area contributed by atoms with Crippen molar-refractivity contribution in [2.24, 2.45) is 0 Å². The SMILES string of the molecule is [AlH2][CH]1C=CC=C1. The van der Waals surface area contributed by atoms with Crippen LogP contribution in [0.3, 0.4) is 0 Å². The first kappa shape index (κ1) is 4.18. The van der Waals surface area contributed by atoms with Gasteiger partial charge < -0.3 is 0 Å². The molecule has 0 heterocycles. The molecule has 1 aliphatic carbocycles. The van der Waals surface area contributed by atoms with Crippen LogP contribution in [0.2, 0.25) is 4.78 Å². The predicted octanol–water partition coefficient (Wildman–Crippen LogP) is 0.534. The third-order valence-corrected chi connectivity index (χ3v) is 1.71. The molecular weight excluding hydrogens is 87.0 g/mol. The minimum atomic E-state index is 0.824. The minimum absolute atomic E-state index is 0.824. The largest absolute Gasteiger partial charge is 0.228 e. The number of rotatable bonds is 0. The van der Waals surface area contributed by atoms with Crippen LogP contribution in [0.4, 0.5) is 0 Å². The molecule has 1 heteroatoms. The second-order valence-corrected chi connectivity index (χ2v) is 2.96. The van der Waals surface area contributed by atoms with Gasteiger partial charge in [-0.3, -0.25) is 0 Å². The number of allylic oxidation sites excluding steroid dienone is 4. The second kappa shape index (κ2) is 1.64. The molecule has 0 saturated carbocycles. The average molecular weight is 94.1 g/mol. The summed E-state index contributed by atoms with van der Waals surface area (Å²) < 4.78 is 0.824. The first-order valence-electron chi connectivity index (χ1n) is 2.24. The van der Waals surface area contributed by atoms with E-state index in [0.29, 0.717) is 0 Å². The van der Waals surface area contributed by atoms with E-state index in [1.54, 1.807) is 0 Å². The molecule has 1 aliphatic rings. The number of hydrogen-bond acceptors (Lipinski definition) is 0. The molecule has 1 rings (SSSR count). The molecule has 6 heavy (non-hydrogen) atoms. The van der Waals surface area contributed by atoms with Crippen LogP contribution in [0, 0.1) is 0 Å². The van der Waals surface area contributed by atoms with E-state index in [1.165, 1.54) is 16.3 Å². The predicted molar refractivity (Wildman–Crippen MR) is 30.6 cm³/mol. The molecule has 0 aromatic carbocycles. The molecule has 0 atom stereocenters. The van der Waals surface area contributed by atoms with Crippen LogP contribution in [0.25, 0.3) is 0 Å². The molecule has 0 fully saturated rings. The summed E-state index contributed by atoms with van der Waals surface area (Å²) >= 11 is 1.28. The van der Waals surface area contributed by atoms with Gasteiger partial charge in [-0.2, -0.15) is 0 Å². The van der Waals surface area contributed by atoms with Gasteiger partial charge in [0.1, 0.15) is 0 Å². The van der Waals surface area contributed by atoms with Gasteiger partial charge in [-0.15, -0.1) is 0 Å². The van der Waals surface area contributed by atoms with Gasteiger partial charge in [-0.25, -0.2) is 0 Å². The van der Waals surface area contributed by atoms with Crippen LogP contribution in [0.15, 0.2) is 24.3 Å². The lowest BCUT2D eigenvalue weighted by atomic mass is 10.5. The van der Waals surface area contributed by atoms with Gasteiger partial charge in [-0.05, 0) is 0 Å². The van der Waals surface area contributed by atoms with Crippen molar-refractivity contribution >= 4 is 16.3 Å². The van der Waals surface area contributed by atoms with Crippen molar-refractivity contribution in [3.05, 3.63) is 24.3 Å². The normalized spacial score (nSPS) is 20.0. The fourth-order valence-corrected chi connectivity index (χ4v) is 0.987. The van der Waals surface area contributed by atoms with Crippen LogP contribution in [-0.2, 0) is 0 Å². The zero-order chi connectivity index (χ0) is 4.41. The van der Waals surface area contributed by atoms with Gasteiger partial charge in [0.15, 0.2) is 0 Å². The first-order valence-corrected chi connectivity index (χ1v) is 3.40. The van der Waals surface area contributed by atoms with E-state index in [0.717, 1.165) is 4.78 Å². The maximum Gasteiger partial charge on any atom is 0.228 e. The lowest BCUT2D eigenvalue weighted by Crippen LogP contribution is -1.71. The van der Waals surface area contributed by atoms with Crippen LogP contribution < -0.4 is 0 Å². The topological polar surface area (TPSA) is 0 Å². The Morgan fingerprint density at radius 1 is 1.17 bits per heavy atom. The van der Waals surface area contributed by atoms with E-state index >= 15 is 0 Å². The van der Waals surface area contributed by atoms with Crippen LogP contribution in [-0.4, -0.2) is 16.3 Å². The van der Waals surface area contributed by atoms with Crippen molar-refractivity contribution in [2.75, 3.05) is 0 Å². The lowest BCUT2D eigenvalue weighted by molar-refractivity contribution is 1.42. The van der Waals surface area contributed by atoms with Gasteiger partial charge in [0.2, 0.25) is 16.3 Å². The highest BCUT2D eigenvalue weighted by molar-refractivity contribution is 6.14. The summed E-state index contributed by atoms with van der Waals surface area (Å²) in [4.78, 5) is 0. The minimum Gasteiger partial charge on any atom is -0.0918 e. The van der Waals surface area contributed by atoms with Crippen molar-refractivity contribution in [2.45, 2.75) is 4.78 Å². The highest BCUT2D eigenvalue weighted by Gasteiger charge is 1.90. The standard InChI is InChI=1S/C5H5.Al.2H/c1-2-4-5-3-1;;;/h1-5H;;;. The highest BCUT2D eigenvalue weighted by atomic mass is 27.0. The molecular formula is C5H7Al. The van der Waals surface area contributed by atoms with E-state index in [1.807, 2.05) is 0 Å². The Balaban J connectivity index is 2.60. The van der Waals surface area contributed by atoms with Crippen molar-refractivity contribution in [1.29, 1.82) is 0 Å². The van der Waals surface area contributed by atoms with Crippen molar-refractivity contribution in [1.82, 2.24) is 0 Å². The molecule has 0 aromatic rings. The number of hydrogen-bond donors (Lipinski definition) is 0. The summed E-state index contributed by atoms with van der Waals surface area (Å²) in [7, 11) is 0. The van der Waals surface area contributed by atoms with Gasteiger partial charge >= 0.3 is 0 Å². The maximum atomic E-state index is 2.23. The van der Waals surface area contributed by atoms with Crippen LogP contribution in [0.1, 0.15) is 0 Å². The van der Waals surface area contributed by atoms with E-state index in [-0.39, 0.29) is 0 Å². The Labute approximate surface area is 46.0 Å². The molecule has 30 valence electrons. The molecule has 0 saturated heterocycles. The third-order valence-electron chi connectivity index (χ3n) is 0.940. The van der Waals surface area contributed by atoms with Crippen LogP contribution in [0.5, 0.6) is 0 Å². The Morgan fingerprint density at radius 3 is 1.83 bits per heavy atom. The molecule has 0 spiro atoms. The summed E-state index contributed by atoms with van der Waals surface area (Å²) in [6.45, 7) is 0.